The van der Waals surface area contributed by atoms with E-state index in [4.69, 9.17) is 18.0 Å². The number of carbonyl (C=O) groups is 1. The number of amides is 1. The molecule has 0 bridgehead atoms. The van der Waals surface area contributed by atoms with Crippen LogP contribution < -0.4 is 16.4 Å². The number of carbonyl (C=O) groups excluding carboxylic acids is 1. The summed E-state index contributed by atoms with van der Waals surface area (Å²) >= 11 is 5.01. The minimum absolute atomic E-state index is 0.274. The fourth-order valence-electron chi connectivity index (χ4n) is 0.996. The fraction of sp³-hybridized carbons (Fsp3) is 0.200. The number of benzene rings is 1. The van der Waals surface area contributed by atoms with Gasteiger partial charge >= 0.3 is 0 Å². The van der Waals surface area contributed by atoms with Gasteiger partial charge in [0.1, 0.15) is 0 Å². The van der Waals surface area contributed by atoms with Crippen molar-refractivity contribution in [1.29, 1.82) is 0 Å². The SMILES string of the molecule is NC(=O)CCNC(=S)Nc1ccccc1. The molecule has 0 saturated carbocycles. The van der Waals surface area contributed by atoms with Crippen molar-refractivity contribution in [2.24, 2.45) is 5.73 Å². The van der Waals surface area contributed by atoms with E-state index in [-0.39, 0.29) is 12.3 Å². The van der Waals surface area contributed by atoms with Crippen molar-refractivity contribution >= 4 is 28.9 Å². The van der Waals surface area contributed by atoms with Crippen molar-refractivity contribution in [2.75, 3.05) is 11.9 Å². The maximum absolute atomic E-state index is 10.5. The van der Waals surface area contributed by atoms with E-state index in [0.29, 0.717) is 11.7 Å². The van der Waals surface area contributed by atoms with Gasteiger partial charge in [0.15, 0.2) is 5.11 Å². The Kier molecular flexibility index (Phi) is 4.56. The molecule has 0 saturated heterocycles. The average Bonchev–Trinajstić information content (AvgIpc) is 2.18. The Labute approximate surface area is 93.9 Å². The number of hydrogen-bond acceptors (Lipinski definition) is 2. The van der Waals surface area contributed by atoms with Gasteiger partial charge in [-0.15, -0.1) is 0 Å². The lowest BCUT2D eigenvalue weighted by Gasteiger charge is -2.09. The zero-order valence-corrected chi connectivity index (χ0v) is 9.01. The third kappa shape index (κ3) is 4.97. The Morgan fingerprint density at radius 1 is 1.33 bits per heavy atom. The Morgan fingerprint density at radius 2 is 2.00 bits per heavy atom. The summed E-state index contributed by atoms with van der Waals surface area (Å²) in [6.07, 6.45) is 0.274. The monoisotopic (exact) mass is 223 g/mol. The second-order valence-electron chi connectivity index (χ2n) is 2.96. The van der Waals surface area contributed by atoms with Gasteiger partial charge in [0.25, 0.3) is 0 Å². The Bertz CT molecular complexity index is 340. The molecule has 1 rings (SSSR count). The van der Waals surface area contributed by atoms with E-state index in [1.165, 1.54) is 0 Å². The quantitative estimate of drug-likeness (QED) is 0.662. The molecule has 1 aromatic rings. The molecule has 15 heavy (non-hydrogen) atoms. The van der Waals surface area contributed by atoms with Gasteiger partial charge in [0, 0.05) is 18.7 Å². The lowest BCUT2D eigenvalue weighted by atomic mass is 10.3. The van der Waals surface area contributed by atoms with Gasteiger partial charge in [0.05, 0.1) is 0 Å². The van der Waals surface area contributed by atoms with E-state index in [2.05, 4.69) is 10.6 Å². The molecule has 0 spiro atoms. The van der Waals surface area contributed by atoms with Crippen LogP contribution in [0.25, 0.3) is 0 Å². The van der Waals surface area contributed by atoms with Crippen LogP contribution in [0, 0.1) is 0 Å². The van der Waals surface area contributed by atoms with Gasteiger partial charge in [-0.2, -0.15) is 0 Å². The molecule has 1 amide bonds. The number of hydrogen-bond donors (Lipinski definition) is 3. The van der Waals surface area contributed by atoms with Crippen LogP contribution in [0.4, 0.5) is 5.69 Å². The Balaban J connectivity index is 2.28. The van der Waals surface area contributed by atoms with Crippen LogP contribution in [0.5, 0.6) is 0 Å². The molecule has 0 heterocycles. The van der Waals surface area contributed by atoms with Gasteiger partial charge in [-0.25, -0.2) is 0 Å². The summed E-state index contributed by atoms with van der Waals surface area (Å²) in [5, 5.41) is 6.35. The number of rotatable bonds is 4. The first-order valence-electron chi connectivity index (χ1n) is 4.56. The maximum Gasteiger partial charge on any atom is 0.219 e. The predicted molar refractivity (Wildman–Crippen MR) is 64.5 cm³/mol. The van der Waals surface area contributed by atoms with Crippen molar-refractivity contribution in [2.45, 2.75) is 6.42 Å². The molecule has 4 nitrogen and oxygen atoms in total. The summed E-state index contributed by atoms with van der Waals surface area (Å²) in [5.41, 5.74) is 5.90. The van der Waals surface area contributed by atoms with E-state index in [9.17, 15) is 4.79 Å². The molecule has 0 aromatic heterocycles. The molecule has 0 aliphatic carbocycles. The highest BCUT2D eigenvalue weighted by atomic mass is 32.1. The number of nitrogens with two attached hydrogens (primary N) is 1. The number of para-hydroxylation sites is 1. The smallest absolute Gasteiger partial charge is 0.219 e. The van der Waals surface area contributed by atoms with E-state index < -0.39 is 0 Å². The standard InChI is InChI=1S/C10H13N3OS/c11-9(14)6-7-12-10(15)13-8-4-2-1-3-5-8/h1-5H,6-7H2,(H2,11,14)(H2,12,13,15). The number of nitrogens with one attached hydrogen (secondary N) is 2. The Hall–Kier alpha value is -1.62. The molecule has 0 aliphatic heterocycles. The van der Waals surface area contributed by atoms with E-state index in [1.807, 2.05) is 30.3 Å². The summed E-state index contributed by atoms with van der Waals surface area (Å²) in [4.78, 5) is 10.5. The minimum atomic E-state index is -0.343. The van der Waals surface area contributed by atoms with Gasteiger partial charge in [0.2, 0.25) is 5.91 Å². The molecular formula is C10H13N3OS. The molecule has 4 N–H and O–H groups in total. The maximum atomic E-state index is 10.5. The van der Waals surface area contributed by atoms with Crippen molar-refractivity contribution in [3.63, 3.8) is 0 Å². The van der Waals surface area contributed by atoms with Crippen LogP contribution in [0.1, 0.15) is 6.42 Å². The second kappa shape index (κ2) is 5.98. The summed E-state index contributed by atoms with van der Waals surface area (Å²) in [7, 11) is 0. The van der Waals surface area contributed by atoms with E-state index in [1.54, 1.807) is 0 Å². The van der Waals surface area contributed by atoms with Crippen molar-refractivity contribution in [3.8, 4) is 0 Å². The van der Waals surface area contributed by atoms with Gasteiger partial charge in [-0.1, -0.05) is 18.2 Å². The second-order valence-corrected chi connectivity index (χ2v) is 3.37. The first kappa shape index (κ1) is 11.5. The summed E-state index contributed by atoms with van der Waals surface area (Å²) in [6, 6.07) is 9.56. The van der Waals surface area contributed by atoms with Crippen LogP contribution in [0.3, 0.4) is 0 Å². The van der Waals surface area contributed by atoms with Gasteiger partial charge < -0.3 is 16.4 Å². The molecule has 1 aromatic carbocycles. The fourth-order valence-corrected chi connectivity index (χ4v) is 1.22. The van der Waals surface area contributed by atoms with Crippen molar-refractivity contribution < 1.29 is 4.79 Å². The van der Waals surface area contributed by atoms with Crippen LogP contribution in [0.2, 0.25) is 0 Å². The van der Waals surface area contributed by atoms with E-state index >= 15 is 0 Å². The zero-order valence-electron chi connectivity index (χ0n) is 8.19. The summed E-state index contributed by atoms with van der Waals surface area (Å²) in [6.45, 7) is 0.452. The normalized spacial score (nSPS) is 9.33. The number of primary amides is 1. The summed E-state index contributed by atoms with van der Waals surface area (Å²) in [5.74, 6) is -0.343. The number of anilines is 1. The highest BCUT2D eigenvalue weighted by molar-refractivity contribution is 7.80. The first-order chi connectivity index (χ1) is 7.18. The molecule has 0 atom stereocenters. The van der Waals surface area contributed by atoms with Crippen molar-refractivity contribution in [1.82, 2.24) is 5.32 Å². The average molecular weight is 223 g/mol. The van der Waals surface area contributed by atoms with Crippen LogP contribution in [-0.4, -0.2) is 17.6 Å². The third-order valence-electron chi connectivity index (χ3n) is 1.69. The Morgan fingerprint density at radius 3 is 2.60 bits per heavy atom. The highest BCUT2D eigenvalue weighted by Crippen LogP contribution is 2.03. The van der Waals surface area contributed by atoms with Gasteiger partial charge in [-0.05, 0) is 24.4 Å². The van der Waals surface area contributed by atoms with Crippen LogP contribution >= 0.6 is 12.2 Å². The lowest BCUT2D eigenvalue weighted by molar-refractivity contribution is -0.117. The van der Waals surface area contributed by atoms with Crippen LogP contribution in [-0.2, 0) is 4.79 Å². The molecule has 80 valence electrons. The molecule has 0 aliphatic rings. The topological polar surface area (TPSA) is 67.2 Å². The number of thiocarbonyl (C=S) groups is 1. The highest BCUT2D eigenvalue weighted by Gasteiger charge is 1.97. The predicted octanol–water partition coefficient (Wildman–Crippen LogP) is 0.848. The van der Waals surface area contributed by atoms with E-state index in [0.717, 1.165) is 5.69 Å². The summed E-state index contributed by atoms with van der Waals surface area (Å²) < 4.78 is 0. The lowest BCUT2D eigenvalue weighted by Crippen LogP contribution is -2.31. The van der Waals surface area contributed by atoms with Crippen LogP contribution in [0.15, 0.2) is 30.3 Å². The largest absolute Gasteiger partial charge is 0.370 e. The molecule has 0 radical (unpaired) electrons. The zero-order chi connectivity index (χ0) is 11.1. The molecule has 0 fully saturated rings. The third-order valence-corrected chi connectivity index (χ3v) is 1.94. The molecular weight excluding hydrogens is 210 g/mol. The molecule has 0 unspecified atom stereocenters. The molecule has 5 heteroatoms. The minimum Gasteiger partial charge on any atom is -0.370 e. The first-order valence-corrected chi connectivity index (χ1v) is 4.97. The van der Waals surface area contributed by atoms with Gasteiger partial charge in [-0.3, -0.25) is 4.79 Å². The van der Waals surface area contributed by atoms with Crippen molar-refractivity contribution in [3.05, 3.63) is 30.3 Å².